The third kappa shape index (κ3) is 7.86. The smallest absolute Gasteiger partial charge is 0.260 e. The molecule has 2 aromatic carbocycles. The van der Waals surface area contributed by atoms with E-state index >= 15 is 0 Å². The zero-order valence-electron chi connectivity index (χ0n) is 30.6. The van der Waals surface area contributed by atoms with Crippen molar-refractivity contribution in [2.75, 3.05) is 55.6 Å². The van der Waals surface area contributed by atoms with Crippen LogP contribution < -0.4 is 18.9 Å². The Morgan fingerprint density at radius 2 is 1.11 bits per heavy atom. The van der Waals surface area contributed by atoms with E-state index in [1.54, 1.807) is 99.2 Å². The summed E-state index contributed by atoms with van der Waals surface area (Å²) in [5.41, 5.74) is 3.40. The third-order valence-electron chi connectivity index (χ3n) is 9.04. The number of amides is 4. The monoisotopic (exact) mass is 722 g/mol. The first-order valence-electron chi connectivity index (χ1n) is 17.1. The van der Waals surface area contributed by atoms with Crippen molar-refractivity contribution < 1.29 is 38.1 Å². The van der Waals surface area contributed by atoms with Gasteiger partial charge in [-0.3, -0.25) is 29.2 Å². The highest BCUT2D eigenvalue weighted by molar-refractivity contribution is 6.05. The fraction of sp³-hybridized carbons (Fsp3) is 0.333. The average molecular weight is 723 g/mol. The predicted octanol–water partition coefficient (Wildman–Crippen LogP) is 4.47. The van der Waals surface area contributed by atoms with Crippen LogP contribution in [-0.2, 0) is 9.59 Å². The minimum Gasteiger partial charge on any atom is -0.493 e. The van der Waals surface area contributed by atoms with Crippen molar-refractivity contribution in [1.29, 1.82) is 0 Å². The SMILES string of the molecule is COc1cc2c(cc1OCCCOc1cc3c(cc1OC)C(=O)N1C=C(/C=C/C(=O)N(C)C)C[C@H]1C=N3)N=C[C@@H]1CC(/C=C/C(=O)N(C)C)=CN1C2=O. The molecule has 0 saturated carbocycles. The number of rotatable bonds is 12. The van der Waals surface area contributed by atoms with Gasteiger partial charge in [0.25, 0.3) is 11.8 Å². The standard InChI is InChI=1S/C39H42N6O8/c1-42(2)36(46)10-8-24-14-26-20-40-30-18-34(32(50-5)16-28(30)38(48)44(26)22-24)52-12-7-13-53-35-19-31-29(17-33(35)51-6)39(49)45-23-25(15-27(45)21-41-31)9-11-37(47)43(3)4/h8-11,16-23,26-27H,7,12-15H2,1-6H3/b10-8+,11-9+/t26-,27-/m0/s1. The quantitative estimate of drug-likeness (QED) is 0.231. The summed E-state index contributed by atoms with van der Waals surface area (Å²) in [6, 6.07) is 6.10. The Labute approximate surface area is 307 Å². The summed E-state index contributed by atoms with van der Waals surface area (Å²) < 4.78 is 23.3. The molecule has 0 bridgehead atoms. The maximum Gasteiger partial charge on any atom is 0.260 e. The third-order valence-corrected chi connectivity index (χ3v) is 9.04. The number of ether oxygens (including phenoxy) is 4. The molecule has 276 valence electrons. The van der Waals surface area contributed by atoms with Crippen LogP contribution >= 0.6 is 0 Å². The molecule has 0 spiro atoms. The van der Waals surface area contributed by atoms with Crippen molar-refractivity contribution in [2.45, 2.75) is 31.3 Å². The molecule has 0 N–H and O–H groups in total. The molecule has 4 heterocycles. The fourth-order valence-electron chi connectivity index (χ4n) is 6.11. The number of nitrogens with zero attached hydrogens (tertiary/aromatic N) is 6. The van der Waals surface area contributed by atoms with Gasteiger partial charge in [0.15, 0.2) is 23.0 Å². The summed E-state index contributed by atoms with van der Waals surface area (Å²) in [6.45, 7) is 0.547. The molecule has 6 rings (SSSR count). The molecule has 14 nitrogen and oxygen atoms in total. The van der Waals surface area contributed by atoms with Crippen LogP contribution in [0.15, 0.2) is 82.1 Å². The van der Waals surface area contributed by atoms with Gasteiger partial charge >= 0.3 is 0 Å². The Bertz CT molecular complexity index is 1870. The second-order valence-corrected chi connectivity index (χ2v) is 13.2. The number of allylic oxidation sites excluding steroid dienone is 2. The van der Waals surface area contributed by atoms with Crippen LogP contribution in [0.25, 0.3) is 0 Å². The number of carbonyl (C=O) groups excluding carboxylic acids is 4. The van der Waals surface area contributed by atoms with Crippen molar-refractivity contribution in [3.05, 3.63) is 83.2 Å². The first kappa shape index (κ1) is 36.6. The molecule has 4 amide bonds. The number of fused-ring (bicyclic) bond motifs is 4. The molecule has 0 aliphatic carbocycles. The molecule has 0 aromatic heterocycles. The summed E-state index contributed by atoms with van der Waals surface area (Å²) in [7, 11) is 9.74. The number of carbonyl (C=O) groups is 4. The zero-order valence-corrected chi connectivity index (χ0v) is 30.6. The summed E-state index contributed by atoms with van der Waals surface area (Å²) in [6.07, 6.45) is 15.0. The van der Waals surface area contributed by atoms with Crippen LogP contribution in [0.5, 0.6) is 23.0 Å². The molecule has 0 fully saturated rings. The normalized spacial score (nSPS) is 18.5. The Morgan fingerprint density at radius 3 is 1.49 bits per heavy atom. The van der Waals surface area contributed by atoms with Crippen LogP contribution in [0.2, 0.25) is 0 Å². The first-order chi connectivity index (χ1) is 25.5. The second-order valence-electron chi connectivity index (χ2n) is 13.2. The molecule has 14 heteroatoms. The van der Waals surface area contributed by atoms with Gasteiger partial charge in [-0.15, -0.1) is 0 Å². The summed E-state index contributed by atoms with van der Waals surface area (Å²) in [4.78, 5) is 66.5. The van der Waals surface area contributed by atoms with Crippen molar-refractivity contribution in [3.63, 3.8) is 0 Å². The van der Waals surface area contributed by atoms with Crippen molar-refractivity contribution in [3.8, 4) is 23.0 Å². The van der Waals surface area contributed by atoms with Crippen LogP contribution in [0.3, 0.4) is 0 Å². The summed E-state index contributed by atoms with van der Waals surface area (Å²) in [5.74, 6) is 0.931. The van der Waals surface area contributed by atoms with Crippen LogP contribution in [-0.4, -0.2) is 123 Å². The molecule has 2 atom stereocenters. The molecular weight excluding hydrogens is 680 g/mol. The fourth-order valence-corrected chi connectivity index (χ4v) is 6.11. The highest BCUT2D eigenvalue weighted by Crippen LogP contribution is 2.40. The molecule has 0 radical (unpaired) electrons. The first-order valence-corrected chi connectivity index (χ1v) is 17.1. The minimum atomic E-state index is -0.277. The lowest BCUT2D eigenvalue weighted by molar-refractivity contribution is -0.124. The van der Waals surface area contributed by atoms with Gasteiger partial charge in [-0.25, -0.2) is 0 Å². The van der Waals surface area contributed by atoms with Crippen LogP contribution in [0, 0.1) is 0 Å². The zero-order chi connectivity index (χ0) is 37.8. The van der Waals surface area contributed by atoms with E-state index in [2.05, 4.69) is 9.98 Å². The van der Waals surface area contributed by atoms with Gasteiger partial charge in [0.05, 0.1) is 62.0 Å². The molecule has 2 aromatic rings. The van der Waals surface area contributed by atoms with E-state index in [1.165, 1.54) is 36.2 Å². The van der Waals surface area contributed by atoms with E-state index in [9.17, 15) is 19.2 Å². The maximum atomic E-state index is 13.6. The number of benzene rings is 2. The van der Waals surface area contributed by atoms with E-state index < -0.39 is 0 Å². The lowest BCUT2D eigenvalue weighted by atomic mass is 10.1. The molecule has 0 unspecified atom stereocenters. The van der Waals surface area contributed by atoms with Crippen LogP contribution in [0.1, 0.15) is 40.0 Å². The molecular formula is C39H42N6O8. The Hall–Kier alpha value is -6.18. The summed E-state index contributed by atoms with van der Waals surface area (Å²) in [5, 5.41) is 0. The molecule has 0 saturated heterocycles. The largest absolute Gasteiger partial charge is 0.493 e. The Kier molecular flexibility index (Phi) is 10.8. The van der Waals surface area contributed by atoms with E-state index in [0.29, 0.717) is 64.8 Å². The van der Waals surface area contributed by atoms with Gasteiger partial charge in [-0.2, -0.15) is 0 Å². The topological polar surface area (TPSA) is 143 Å². The van der Waals surface area contributed by atoms with Gasteiger partial charge in [0.2, 0.25) is 11.8 Å². The number of aliphatic imine (C=N–C) groups is 2. The van der Waals surface area contributed by atoms with Gasteiger partial charge in [0, 0.05) is 83.7 Å². The van der Waals surface area contributed by atoms with Gasteiger partial charge in [-0.05, 0) is 36.1 Å². The number of methoxy groups -OCH3 is 2. The minimum absolute atomic E-state index is 0.137. The van der Waals surface area contributed by atoms with E-state index in [4.69, 9.17) is 18.9 Å². The van der Waals surface area contributed by atoms with E-state index in [1.807, 2.05) is 0 Å². The van der Waals surface area contributed by atoms with Crippen molar-refractivity contribution in [2.24, 2.45) is 9.98 Å². The van der Waals surface area contributed by atoms with E-state index in [-0.39, 0.29) is 48.9 Å². The van der Waals surface area contributed by atoms with Gasteiger partial charge in [0.1, 0.15) is 0 Å². The molecule has 4 aliphatic rings. The number of likely N-dealkylation sites (N-methyl/N-ethyl adjacent to an activating group) is 2. The molecule has 4 aliphatic heterocycles. The highest BCUT2D eigenvalue weighted by Gasteiger charge is 2.34. The van der Waals surface area contributed by atoms with Crippen molar-refractivity contribution in [1.82, 2.24) is 19.6 Å². The summed E-state index contributed by atoms with van der Waals surface area (Å²) >= 11 is 0. The Balaban J connectivity index is 1.08. The average Bonchev–Trinajstić information content (AvgIpc) is 3.70. The van der Waals surface area contributed by atoms with Gasteiger partial charge in [-0.1, -0.05) is 12.2 Å². The number of hydrogen-bond donors (Lipinski definition) is 0. The maximum absolute atomic E-state index is 13.6. The van der Waals surface area contributed by atoms with Gasteiger partial charge < -0.3 is 38.5 Å². The molecule has 53 heavy (non-hydrogen) atoms. The lowest BCUT2D eigenvalue weighted by Crippen LogP contribution is -2.32. The highest BCUT2D eigenvalue weighted by atomic mass is 16.5. The van der Waals surface area contributed by atoms with Crippen LogP contribution in [0.4, 0.5) is 11.4 Å². The van der Waals surface area contributed by atoms with Crippen molar-refractivity contribution >= 4 is 47.4 Å². The predicted molar refractivity (Wildman–Crippen MR) is 199 cm³/mol. The Morgan fingerprint density at radius 1 is 0.698 bits per heavy atom. The number of hydrogen-bond acceptors (Lipinski definition) is 10. The lowest BCUT2D eigenvalue weighted by Gasteiger charge is -2.19. The van der Waals surface area contributed by atoms with E-state index in [0.717, 1.165) is 11.1 Å². The second kappa shape index (κ2) is 15.6.